The van der Waals surface area contributed by atoms with Gasteiger partial charge in [0.1, 0.15) is 0 Å². The number of hydrogen-bond acceptors (Lipinski definition) is 5. The predicted octanol–water partition coefficient (Wildman–Crippen LogP) is 3.98. The van der Waals surface area contributed by atoms with E-state index in [1.165, 1.54) is 12.5 Å². The quantitative estimate of drug-likeness (QED) is 0.578. The lowest BCUT2D eigenvalue weighted by Crippen LogP contribution is -1.98. The molecule has 0 fully saturated rings. The number of hydrogen-bond donors (Lipinski definition) is 0. The molecule has 0 saturated carbocycles. The van der Waals surface area contributed by atoms with Crippen LogP contribution in [-0.4, -0.2) is 34.3 Å². The summed E-state index contributed by atoms with van der Waals surface area (Å²) in [6.45, 7) is 1.92. The second kappa shape index (κ2) is 8.53. The van der Waals surface area contributed by atoms with E-state index in [2.05, 4.69) is 4.98 Å². The van der Waals surface area contributed by atoms with Crippen molar-refractivity contribution in [1.29, 1.82) is 0 Å². The van der Waals surface area contributed by atoms with Gasteiger partial charge in [0, 0.05) is 24.4 Å². The van der Waals surface area contributed by atoms with Gasteiger partial charge >= 0.3 is 0 Å². The molecule has 0 amide bonds. The molecule has 0 bridgehead atoms. The van der Waals surface area contributed by atoms with Gasteiger partial charge in [0.25, 0.3) is 0 Å². The first-order chi connectivity index (χ1) is 14.0. The molecule has 0 spiro atoms. The summed E-state index contributed by atoms with van der Waals surface area (Å²) in [7, 11) is -6.49. The van der Waals surface area contributed by atoms with Gasteiger partial charge < -0.3 is 0 Å². The highest BCUT2D eigenvalue weighted by atomic mass is 32.2. The van der Waals surface area contributed by atoms with Gasteiger partial charge in [-0.15, -0.1) is 0 Å². The van der Waals surface area contributed by atoms with Crippen LogP contribution in [0, 0.1) is 6.92 Å². The summed E-state index contributed by atoms with van der Waals surface area (Å²) in [6.07, 6.45) is 6.73. The monoisotopic (exact) mass is 441 g/mol. The average Bonchev–Trinajstić information content (AvgIpc) is 2.67. The van der Waals surface area contributed by atoms with Crippen LogP contribution < -0.4 is 0 Å². The Kier molecular flexibility index (Phi) is 6.24. The molecule has 0 saturated heterocycles. The van der Waals surface area contributed by atoms with E-state index < -0.39 is 19.7 Å². The second-order valence-corrected chi connectivity index (χ2v) is 11.3. The highest BCUT2D eigenvalue weighted by Gasteiger charge is 2.10. The van der Waals surface area contributed by atoms with E-state index in [4.69, 9.17) is 0 Å². The first-order valence-corrected chi connectivity index (χ1v) is 13.0. The Balaban J connectivity index is 1.98. The van der Waals surface area contributed by atoms with Gasteiger partial charge in [0.05, 0.1) is 9.79 Å². The molecule has 3 aromatic rings. The van der Waals surface area contributed by atoms with Gasteiger partial charge in [-0.2, -0.15) is 0 Å². The summed E-state index contributed by atoms with van der Waals surface area (Å²) in [5, 5.41) is 0. The molecule has 0 aliphatic heterocycles. The maximum Gasteiger partial charge on any atom is 0.175 e. The van der Waals surface area contributed by atoms with E-state index in [1.807, 2.05) is 25.1 Å². The molecule has 3 rings (SSSR count). The lowest BCUT2D eigenvalue weighted by atomic mass is 9.97. The van der Waals surface area contributed by atoms with Gasteiger partial charge in [-0.05, 0) is 65.9 Å². The molecule has 5 nitrogen and oxygen atoms in total. The third-order valence-electron chi connectivity index (χ3n) is 4.68. The second-order valence-electron chi connectivity index (χ2n) is 7.29. The molecule has 0 aliphatic rings. The van der Waals surface area contributed by atoms with Crippen LogP contribution in [0.15, 0.2) is 76.7 Å². The van der Waals surface area contributed by atoms with Crippen LogP contribution in [0.5, 0.6) is 0 Å². The topological polar surface area (TPSA) is 81.2 Å². The molecule has 0 aliphatic carbocycles. The molecule has 30 heavy (non-hydrogen) atoms. The number of allylic oxidation sites excluding steroid dienone is 1. The van der Waals surface area contributed by atoms with Crippen LogP contribution in [0.3, 0.4) is 0 Å². The zero-order valence-corrected chi connectivity index (χ0v) is 18.7. The highest BCUT2D eigenvalue weighted by Crippen LogP contribution is 2.24. The molecule has 0 radical (unpaired) electrons. The maximum atomic E-state index is 11.7. The van der Waals surface area contributed by atoms with Crippen molar-refractivity contribution in [2.24, 2.45) is 0 Å². The molecule has 2 aromatic carbocycles. The number of benzene rings is 2. The minimum absolute atomic E-state index is 0.273. The third kappa shape index (κ3) is 5.64. The lowest BCUT2D eigenvalue weighted by molar-refractivity contribution is 0.600. The Morgan fingerprint density at radius 2 is 1.33 bits per heavy atom. The largest absolute Gasteiger partial charge is 0.261 e. The van der Waals surface area contributed by atoms with Crippen LogP contribution in [-0.2, 0) is 26.1 Å². The summed E-state index contributed by atoms with van der Waals surface area (Å²) >= 11 is 0. The fourth-order valence-electron chi connectivity index (χ4n) is 2.98. The zero-order chi connectivity index (χ0) is 21.9. The molecule has 0 unspecified atom stereocenters. The van der Waals surface area contributed by atoms with Crippen LogP contribution >= 0.6 is 0 Å². The minimum atomic E-state index is -3.25. The van der Waals surface area contributed by atoms with Crippen molar-refractivity contribution in [2.75, 3.05) is 12.5 Å². The van der Waals surface area contributed by atoms with Crippen molar-refractivity contribution in [3.63, 3.8) is 0 Å². The number of sulfone groups is 2. The number of pyridine rings is 1. The number of aryl methyl sites for hydroxylation is 1. The summed E-state index contributed by atoms with van der Waals surface area (Å²) in [5.41, 5.74) is 4.67. The average molecular weight is 442 g/mol. The van der Waals surface area contributed by atoms with Crippen molar-refractivity contribution in [3.8, 4) is 0 Å². The summed E-state index contributed by atoms with van der Waals surface area (Å²) < 4.78 is 46.8. The summed E-state index contributed by atoms with van der Waals surface area (Å²) in [4.78, 5) is 4.93. The van der Waals surface area contributed by atoms with Gasteiger partial charge in [0.15, 0.2) is 19.7 Å². The first kappa shape index (κ1) is 21.9. The Hall–Kier alpha value is -2.77. The predicted molar refractivity (Wildman–Crippen MR) is 120 cm³/mol. The van der Waals surface area contributed by atoms with Crippen LogP contribution in [0.4, 0.5) is 0 Å². The number of aromatic nitrogens is 1. The molecule has 0 atom stereocenters. The smallest absolute Gasteiger partial charge is 0.175 e. The molecule has 1 heterocycles. The van der Waals surface area contributed by atoms with Crippen molar-refractivity contribution < 1.29 is 16.8 Å². The van der Waals surface area contributed by atoms with Gasteiger partial charge in [-0.25, -0.2) is 16.8 Å². The Bertz CT molecular complexity index is 1270. The molecule has 156 valence electrons. The Morgan fingerprint density at radius 1 is 0.800 bits per heavy atom. The molecule has 0 N–H and O–H groups in total. The third-order valence-corrected chi connectivity index (χ3v) is 6.93. The molecular formula is C23H23NO4S2. The van der Waals surface area contributed by atoms with Crippen molar-refractivity contribution in [2.45, 2.75) is 23.1 Å². The fraction of sp³-hybridized carbons (Fsp3) is 0.174. The van der Waals surface area contributed by atoms with E-state index in [9.17, 15) is 16.8 Å². The molecule has 1 aromatic heterocycles. The Morgan fingerprint density at radius 3 is 1.80 bits per heavy atom. The van der Waals surface area contributed by atoms with E-state index in [-0.39, 0.29) is 9.79 Å². The SMILES string of the molecule is Cc1ccc(/C(=C/c2ccc(S(C)(=O)=O)cc2)Cc2ccc(S(C)(=O)=O)cc2)cn1. The van der Waals surface area contributed by atoms with E-state index in [0.29, 0.717) is 6.42 Å². The molecule has 7 heteroatoms. The number of rotatable bonds is 6. The van der Waals surface area contributed by atoms with Gasteiger partial charge in [0.2, 0.25) is 0 Å². The van der Waals surface area contributed by atoms with Gasteiger partial charge in [-0.3, -0.25) is 4.98 Å². The highest BCUT2D eigenvalue weighted by molar-refractivity contribution is 7.91. The zero-order valence-electron chi connectivity index (χ0n) is 17.0. The lowest BCUT2D eigenvalue weighted by Gasteiger charge is -2.10. The number of nitrogens with zero attached hydrogens (tertiary/aromatic N) is 1. The van der Waals surface area contributed by atoms with Crippen molar-refractivity contribution in [3.05, 3.63) is 89.2 Å². The van der Waals surface area contributed by atoms with Crippen LogP contribution in [0.1, 0.15) is 22.4 Å². The Labute approximate surface area is 178 Å². The van der Waals surface area contributed by atoms with Gasteiger partial charge in [-0.1, -0.05) is 36.4 Å². The van der Waals surface area contributed by atoms with E-state index in [1.54, 1.807) is 54.7 Å². The normalized spacial score (nSPS) is 12.7. The minimum Gasteiger partial charge on any atom is -0.261 e. The van der Waals surface area contributed by atoms with Crippen molar-refractivity contribution >= 4 is 31.3 Å². The van der Waals surface area contributed by atoms with E-state index >= 15 is 0 Å². The van der Waals surface area contributed by atoms with Crippen molar-refractivity contribution in [1.82, 2.24) is 4.98 Å². The van der Waals surface area contributed by atoms with Crippen LogP contribution in [0.2, 0.25) is 0 Å². The summed E-state index contributed by atoms with van der Waals surface area (Å²) in [6, 6.07) is 17.5. The fourth-order valence-corrected chi connectivity index (χ4v) is 4.24. The van der Waals surface area contributed by atoms with E-state index in [0.717, 1.165) is 28.0 Å². The molecular weight excluding hydrogens is 418 g/mol. The van der Waals surface area contributed by atoms with Crippen LogP contribution in [0.25, 0.3) is 11.6 Å². The standard InChI is InChI=1S/C23H23NO4S2/c1-17-4-9-20(16-24-17)21(14-18-5-10-22(11-6-18)29(2,25)26)15-19-7-12-23(13-8-19)30(3,27)28/h4-14,16H,15H2,1-3H3/b21-14+. The summed E-state index contributed by atoms with van der Waals surface area (Å²) in [5.74, 6) is 0. The maximum absolute atomic E-state index is 11.7. The first-order valence-electron chi connectivity index (χ1n) is 9.25.